The van der Waals surface area contributed by atoms with Crippen LogP contribution in [0.1, 0.15) is 11.3 Å². The quantitative estimate of drug-likeness (QED) is 0.604. The summed E-state index contributed by atoms with van der Waals surface area (Å²) in [6.07, 6.45) is 4.01. The number of nitrogens with zero attached hydrogens (tertiary/aromatic N) is 3. The van der Waals surface area contributed by atoms with Gasteiger partial charge in [-0.15, -0.1) is 11.8 Å². The molecule has 1 aromatic carbocycles. The maximum Gasteiger partial charge on any atom is 0.246 e. The molecule has 9 heteroatoms. The van der Waals surface area contributed by atoms with Gasteiger partial charge in [0.1, 0.15) is 21.8 Å². The van der Waals surface area contributed by atoms with Gasteiger partial charge < -0.3 is 9.45 Å². The first-order chi connectivity index (χ1) is 11.2. The predicted octanol–water partition coefficient (Wildman–Crippen LogP) is 1.26. The molecular weight excluding hydrogens is 348 g/mol. The first-order valence-corrected chi connectivity index (χ1v) is 9.77. The van der Waals surface area contributed by atoms with Gasteiger partial charge in [-0.05, 0) is 25.3 Å². The highest BCUT2D eigenvalue weighted by Gasteiger charge is 2.27. The number of hydrogen-bond acceptors (Lipinski definition) is 6. The second-order valence-corrected chi connectivity index (χ2v) is 7.53. The first kappa shape index (κ1) is 18.5. The number of fused-ring (bicyclic) bond motifs is 1. The summed E-state index contributed by atoms with van der Waals surface area (Å²) in [4.78, 5) is 9.63. The normalized spacial score (nSPS) is 13.7. The molecule has 1 aromatic heterocycles. The Morgan fingerprint density at radius 1 is 1.33 bits per heavy atom. The molecule has 1 aliphatic heterocycles. The summed E-state index contributed by atoms with van der Waals surface area (Å²) in [5.74, 6) is 1.15. The smallest absolute Gasteiger partial charge is 0.246 e. The Bertz CT molecular complexity index is 842. The zero-order chi connectivity index (χ0) is 17.9. The van der Waals surface area contributed by atoms with Crippen LogP contribution in [0.25, 0.3) is 0 Å². The minimum Gasteiger partial charge on any atom is -0.744 e. The molecular formula is C15H20N4O3S2. The Balaban J connectivity index is 0.000000177. The minimum atomic E-state index is -4.27. The number of thioether (sulfide) groups is 1. The average Bonchev–Trinajstić information content (AvgIpc) is 2.91. The number of anilines is 1. The fourth-order valence-corrected chi connectivity index (χ4v) is 3.27. The van der Waals surface area contributed by atoms with Gasteiger partial charge in [0, 0.05) is 7.05 Å². The van der Waals surface area contributed by atoms with E-state index >= 15 is 0 Å². The van der Waals surface area contributed by atoms with Crippen molar-refractivity contribution in [3.8, 4) is 0 Å². The molecule has 0 bridgehead atoms. The molecule has 24 heavy (non-hydrogen) atoms. The van der Waals surface area contributed by atoms with Gasteiger partial charge in [-0.2, -0.15) is 0 Å². The van der Waals surface area contributed by atoms with Crippen LogP contribution in [-0.4, -0.2) is 43.0 Å². The van der Waals surface area contributed by atoms with Crippen LogP contribution >= 0.6 is 11.8 Å². The third-order valence-electron chi connectivity index (χ3n) is 3.49. The third-order valence-corrected chi connectivity index (χ3v) is 5.04. The van der Waals surface area contributed by atoms with Crippen molar-refractivity contribution in [1.82, 2.24) is 4.98 Å². The number of nitrogens with one attached hydrogen (secondary N) is 1. The summed E-state index contributed by atoms with van der Waals surface area (Å²) in [7, 11) is -0.204. The molecule has 3 rings (SSSR count). The number of H-pyrrole nitrogens is 1. The maximum absolute atomic E-state index is 10.4. The number of hydrogen-bond donors (Lipinski definition) is 1. The van der Waals surface area contributed by atoms with E-state index in [2.05, 4.69) is 25.7 Å². The van der Waals surface area contributed by atoms with Gasteiger partial charge in [0.15, 0.2) is 0 Å². The van der Waals surface area contributed by atoms with Gasteiger partial charge in [-0.1, -0.05) is 17.7 Å². The highest BCUT2D eigenvalue weighted by Crippen LogP contribution is 2.22. The topological polar surface area (TPSA) is 92.5 Å². The number of rotatable bonds is 1. The van der Waals surface area contributed by atoms with E-state index in [0.717, 1.165) is 23.1 Å². The fourth-order valence-electron chi connectivity index (χ4n) is 2.18. The standard InChI is InChI=1S/C8H12N4S.C7H8O3S/c1-11-4-9-7-6(11)8(13-3)10-5-12(7)2;1-6-2-4-7(5-3-6)11(8,9)10/h4H,5H2,1-3H3;2-5H,1H3,(H,8,9,10). The van der Waals surface area contributed by atoms with Gasteiger partial charge >= 0.3 is 0 Å². The van der Waals surface area contributed by atoms with Crippen LogP contribution < -0.4 is 9.47 Å². The summed E-state index contributed by atoms with van der Waals surface area (Å²) in [5, 5.41) is 1.11. The van der Waals surface area contributed by atoms with Crippen LogP contribution in [0.5, 0.6) is 0 Å². The number of aryl methyl sites for hydroxylation is 2. The highest BCUT2D eigenvalue weighted by molar-refractivity contribution is 8.13. The molecule has 2 aromatic rings. The molecule has 130 valence electrons. The molecule has 2 heterocycles. The van der Waals surface area contributed by atoms with E-state index in [1.165, 1.54) is 17.8 Å². The van der Waals surface area contributed by atoms with E-state index in [0.29, 0.717) is 0 Å². The van der Waals surface area contributed by atoms with E-state index in [1.54, 1.807) is 23.9 Å². The summed E-state index contributed by atoms with van der Waals surface area (Å²) in [5.41, 5.74) is 2.11. The van der Waals surface area contributed by atoms with Crippen LogP contribution in [0.4, 0.5) is 5.82 Å². The molecule has 0 amide bonds. The van der Waals surface area contributed by atoms with Crippen molar-refractivity contribution in [3.63, 3.8) is 0 Å². The molecule has 0 radical (unpaired) electrons. The lowest BCUT2D eigenvalue weighted by atomic mass is 10.2. The second kappa shape index (κ2) is 7.37. The van der Waals surface area contributed by atoms with Crippen LogP contribution in [0.15, 0.2) is 40.5 Å². The summed E-state index contributed by atoms with van der Waals surface area (Å²) in [6, 6.07) is 5.78. The van der Waals surface area contributed by atoms with Gasteiger partial charge in [-0.25, -0.2) is 18.0 Å². The molecule has 0 saturated heterocycles. The van der Waals surface area contributed by atoms with E-state index < -0.39 is 10.1 Å². The van der Waals surface area contributed by atoms with E-state index in [1.807, 2.05) is 27.3 Å². The Morgan fingerprint density at radius 2 is 1.96 bits per heavy atom. The Morgan fingerprint density at radius 3 is 2.50 bits per heavy atom. The molecule has 0 unspecified atom stereocenters. The average molecular weight is 368 g/mol. The van der Waals surface area contributed by atoms with Gasteiger partial charge in [0.05, 0.1) is 11.9 Å². The number of aromatic amines is 1. The molecule has 0 saturated carbocycles. The molecule has 7 nitrogen and oxygen atoms in total. The van der Waals surface area contributed by atoms with Gasteiger partial charge in [0.25, 0.3) is 0 Å². The molecule has 0 aliphatic carbocycles. The van der Waals surface area contributed by atoms with Crippen molar-refractivity contribution in [2.24, 2.45) is 12.0 Å². The largest absolute Gasteiger partial charge is 0.744 e. The Hall–Kier alpha value is -1.84. The van der Waals surface area contributed by atoms with E-state index in [4.69, 9.17) is 0 Å². The van der Waals surface area contributed by atoms with E-state index in [-0.39, 0.29) is 4.90 Å². The summed E-state index contributed by atoms with van der Waals surface area (Å²) in [6.45, 7) is 2.56. The van der Waals surface area contributed by atoms with E-state index in [9.17, 15) is 13.0 Å². The van der Waals surface area contributed by atoms with Crippen molar-refractivity contribution in [3.05, 3.63) is 41.9 Å². The van der Waals surface area contributed by atoms with Crippen molar-refractivity contribution in [2.75, 3.05) is 24.9 Å². The lowest BCUT2D eigenvalue weighted by Gasteiger charge is -2.18. The number of benzene rings is 1. The molecule has 0 fully saturated rings. The van der Waals surface area contributed by atoms with Crippen molar-refractivity contribution in [1.29, 1.82) is 0 Å². The van der Waals surface area contributed by atoms with Gasteiger partial charge in [-0.3, -0.25) is 4.99 Å². The fraction of sp³-hybridized carbons (Fsp3) is 0.333. The maximum atomic E-state index is 10.4. The van der Waals surface area contributed by atoms with Crippen LogP contribution in [0.2, 0.25) is 0 Å². The third kappa shape index (κ3) is 4.16. The molecule has 1 aliphatic rings. The summed E-state index contributed by atoms with van der Waals surface area (Å²) >= 11 is 1.69. The Labute approximate surface area is 146 Å². The Kier molecular flexibility index (Phi) is 5.68. The summed E-state index contributed by atoms with van der Waals surface area (Å²) < 4.78 is 33.2. The number of aliphatic imine (C=N–C) groups is 1. The lowest BCUT2D eigenvalue weighted by Crippen LogP contribution is -2.36. The first-order valence-electron chi connectivity index (χ1n) is 7.13. The minimum absolute atomic E-state index is 0.178. The van der Waals surface area contributed by atoms with Crippen molar-refractivity contribution < 1.29 is 17.5 Å². The predicted molar refractivity (Wildman–Crippen MR) is 94.4 cm³/mol. The molecule has 0 atom stereocenters. The number of imidazole rings is 1. The SMILES string of the molecule is CSC1=NCN(C)c2[nH]c[n+](C)c21.Cc1ccc(S(=O)(=O)[O-])cc1. The van der Waals surface area contributed by atoms with Crippen molar-refractivity contribution >= 4 is 32.7 Å². The zero-order valence-electron chi connectivity index (χ0n) is 14.0. The highest BCUT2D eigenvalue weighted by atomic mass is 32.2. The van der Waals surface area contributed by atoms with Crippen LogP contribution in [-0.2, 0) is 17.2 Å². The second-order valence-electron chi connectivity index (χ2n) is 5.36. The molecule has 0 spiro atoms. The van der Waals surface area contributed by atoms with Crippen molar-refractivity contribution in [2.45, 2.75) is 11.8 Å². The molecule has 1 N–H and O–H groups in total. The zero-order valence-corrected chi connectivity index (χ0v) is 15.6. The van der Waals surface area contributed by atoms with Gasteiger partial charge in [0.2, 0.25) is 17.8 Å². The number of aromatic nitrogens is 2. The monoisotopic (exact) mass is 368 g/mol. The van der Waals surface area contributed by atoms with Crippen LogP contribution in [0.3, 0.4) is 0 Å². The lowest BCUT2D eigenvalue weighted by molar-refractivity contribution is -0.670. The van der Waals surface area contributed by atoms with Crippen LogP contribution in [0, 0.1) is 6.92 Å².